The minimum atomic E-state index is -0.664. The summed E-state index contributed by atoms with van der Waals surface area (Å²) in [7, 11) is 0. The van der Waals surface area contributed by atoms with Crippen molar-refractivity contribution in [2.24, 2.45) is 0 Å². The molecule has 0 saturated heterocycles. The van der Waals surface area contributed by atoms with Crippen LogP contribution in [-0.2, 0) is 9.53 Å². The first-order valence-electron chi connectivity index (χ1n) is 6.37. The first kappa shape index (κ1) is 16.0. The summed E-state index contributed by atoms with van der Waals surface area (Å²) in [5.41, 5.74) is 1.74. The van der Waals surface area contributed by atoms with Crippen molar-refractivity contribution < 1.29 is 19.1 Å². The van der Waals surface area contributed by atoms with Gasteiger partial charge in [-0.25, -0.2) is 4.79 Å². The fourth-order valence-corrected chi connectivity index (χ4v) is 2.19. The van der Waals surface area contributed by atoms with E-state index in [0.29, 0.717) is 10.4 Å². The van der Waals surface area contributed by atoms with Gasteiger partial charge < -0.3 is 15.3 Å². The van der Waals surface area contributed by atoms with Crippen LogP contribution in [-0.4, -0.2) is 18.5 Å². The maximum atomic E-state index is 11.8. The summed E-state index contributed by atoms with van der Waals surface area (Å²) < 4.78 is 6.36. The summed E-state index contributed by atoms with van der Waals surface area (Å²) in [6, 6.07) is 8.07. The molecule has 1 aromatic carbocycles. The van der Waals surface area contributed by atoms with Crippen LogP contribution in [0.4, 0.5) is 5.69 Å². The van der Waals surface area contributed by atoms with E-state index in [-0.39, 0.29) is 5.56 Å². The SMILES string of the molecule is Cc1cc(Br)ccc1NC(=O)COC(=O)c1cc[n+]([O-])cc1. The van der Waals surface area contributed by atoms with Crippen molar-refractivity contribution in [3.05, 3.63) is 63.5 Å². The molecule has 2 rings (SSSR count). The van der Waals surface area contributed by atoms with E-state index < -0.39 is 18.5 Å². The second-order valence-electron chi connectivity index (χ2n) is 4.53. The Morgan fingerprint density at radius 2 is 1.95 bits per heavy atom. The third-order valence-corrected chi connectivity index (χ3v) is 3.33. The lowest BCUT2D eigenvalue weighted by Crippen LogP contribution is -2.25. The lowest BCUT2D eigenvalue weighted by Gasteiger charge is -2.09. The molecule has 114 valence electrons. The Morgan fingerprint density at radius 1 is 1.27 bits per heavy atom. The van der Waals surface area contributed by atoms with Gasteiger partial charge in [-0.05, 0) is 30.7 Å². The van der Waals surface area contributed by atoms with Gasteiger partial charge in [-0.3, -0.25) is 4.79 Å². The van der Waals surface area contributed by atoms with Gasteiger partial charge in [-0.2, -0.15) is 4.73 Å². The maximum absolute atomic E-state index is 11.8. The molecule has 0 fully saturated rings. The minimum absolute atomic E-state index is 0.208. The molecule has 0 radical (unpaired) electrons. The number of rotatable bonds is 4. The lowest BCUT2D eigenvalue weighted by atomic mass is 10.2. The largest absolute Gasteiger partial charge is 0.619 e. The number of aromatic nitrogens is 1. The molecular weight excluding hydrogens is 352 g/mol. The van der Waals surface area contributed by atoms with Gasteiger partial charge in [-0.1, -0.05) is 15.9 Å². The maximum Gasteiger partial charge on any atom is 0.339 e. The zero-order chi connectivity index (χ0) is 16.1. The molecule has 22 heavy (non-hydrogen) atoms. The van der Waals surface area contributed by atoms with E-state index >= 15 is 0 Å². The standard InChI is InChI=1S/C15H13BrN2O4/c1-10-8-12(16)2-3-13(10)17-14(19)9-22-15(20)11-4-6-18(21)7-5-11/h2-8H,9H2,1H3,(H,17,19). The monoisotopic (exact) mass is 364 g/mol. The number of hydrogen-bond donors (Lipinski definition) is 1. The average molecular weight is 365 g/mol. The molecule has 7 heteroatoms. The van der Waals surface area contributed by atoms with Gasteiger partial charge in [0.25, 0.3) is 5.91 Å². The van der Waals surface area contributed by atoms with Crippen LogP contribution in [0.3, 0.4) is 0 Å². The molecule has 1 amide bonds. The molecule has 1 heterocycles. The Bertz CT molecular complexity index is 701. The van der Waals surface area contributed by atoms with E-state index in [4.69, 9.17) is 4.74 Å². The average Bonchev–Trinajstić information content (AvgIpc) is 2.48. The van der Waals surface area contributed by atoms with Crippen molar-refractivity contribution in [2.75, 3.05) is 11.9 Å². The summed E-state index contributed by atoms with van der Waals surface area (Å²) in [6.07, 6.45) is 2.36. The van der Waals surface area contributed by atoms with Gasteiger partial charge in [-0.15, -0.1) is 0 Å². The first-order valence-corrected chi connectivity index (χ1v) is 7.17. The van der Waals surface area contributed by atoms with E-state index in [9.17, 15) is 14.8 Å². The zero-order valence-electron chi connectivity index (χ0n) is 11.7. The van der Waals surface area contributed by atoms with Crippen LogP contribution in [0.5, 0.6) is 0 Å². The van der Waals surface area contributed by atoms with E-state index in [1.807, 2.05) is 13.0 Å². The third kappa shape index (κ3) is 4.29. The highest BCUT2D eigenvalue weighted by Crippen LogP contribution is 2.19. The number of pyridine rings is 1. The summed E-state index contributed by atoms with van der Waals surface area (Å²) in [5.74, 6) is -1.10. The van der Waals surface area contributed by atoms with Crippen molar-refractivity contribution in [3.8, 4) is 0 Å². The van der Waals surface area contributed by atoms with Crippen molar-refractivity contribution in [3.63, 3.8) is 0 Å². The number of amides is 1. The molecule has 6 nitrogen and oxygen atoms in total. The van der Waals surface area contributed by atoms with Crippen LogP contribution < -0.4 is 10.0 Å². The number of nitrogens with one attached hydrogen (secondary N) is 1. The molecule has 0 bridgehead atoms. The number of aryl methyl sites for hydroxylation is 1. The summed E-state index contributed by atoms with van der Waals surface area (Å²) >= 11 is 3.34. The van der Waals surface area contributed by atoms with E-state index in [1.54, 1.807) is 12.1 Å². The second-order valence-corrected chi connectivity index (χ2v) is 5.45. The normalized spacial score (nSPS) is 10.1. The Hall–Kier alpha value is -2.41. The molecule has 1 N–H and O–H groups in total. The van der Waals surface area contributed by atoms with Crippen LogP contribution in [0, 0.1) is 12.1 Å². The first-order chi connectivity index (χ1) is 10.5. The molecule has 0 atom stereocenters. The highest BCUT2D eigenvalue weighted by atomic mass is 79.9. The highest BCUT2D eigenvalue weighted by molar-refractivity contribution is 9.10. The number of nitrogens with zero attached hydrogens (tertiary/aromatic N) is 1. The fraction of sp³-hybridized carbons (Fsp3) is 0.133. The van der Waals surface area contributed by atoms with E-state index in [0.717, 1.165) is 10.0 Å². The Labute approximate surface area is 135 Å². The predicted octanol–water partition coefficient (Wildman–Crippen LogP) is 2.19. The van der Waals surface area contributed by atoms with Gasteiger partial charge >= 0.3 is 5.97 Å². The Balaban J connectivity index is 1.89. The summed E-state index contributed by atoms with van der Waals surface area (Å²) in [4.78, 5) is 23.5. The molecule has 0 unspecified atom stereocenters. The van der Waals surface area contributed by atoms with Gasteiger partial charge in [0.1, 0.15) is 0 Å². The van der Waals surface area contributed by atoms with Crippen molar-refractivity contribution in [1.29, 1.82) is 0 Å². The summed E-state index contributed by atoms with van der Waals surface area (Å²) in [6.45, 7) is 1.45. The number of carbonyl (C=O) groups is 2. The van der Waals surface area contributed by atoms with E-state index in [1.165, 1.54) is 24.5 Å². The van der Waals surface area contributed by atoms with Gasteiger partial charge in [0.05, 0.1) is 5.56 Å². The number of benzene rings is 1. The molecule has 1 aromatic heterocycles. The minimum Gasteiger partial charge on any atom is -0.619 e. The highest BCUT2D eigenvalue weighted by Gasteiger charge is 2.12. The Morgan fingerprint density at radius 3 is 2.59 bits per heavy atom. The van der Waals surface area contributed by atoms with Crippen LogP contribution in [0.1, 0.15) is 15.9 Å². The number of halogens is 1. The number of esters is 1. The number of hydrogen-bond acceptors (Lipinski definition) is 4. The van der Waals surface area contributed by atoms with E-state index in [2.05, 4.69) is 21.2 Å². The predicted molar refractivity (Wildman–Crippen MR) is 83.2 cm³/mol. The van der Waals surface area contributed by atoms with Gasteiger partial charge in [0, 0.05) is 22.3 Å². The third-order valence-electron chi connectivity index (χ3n) is 2.83. The number of ether oxygens (including phenoxy) is 1. The quantitative estimate of drug-likeness (QED) is 0.512. The van der Waals surface area contributed by atoms with Crippen LogP contribution in [0.25, 0.3) is 0 Å². The van der Waals surface area contributed by atoms with Crippen molar-refractivity contribution in [1.82, 2.24) is 0 Å². The molecular formula is C15H13BrN2O4. The Kier molecular flexibility index (Phi) is 5.11. The molecule has 0 saturated carbocycles. The topological polar surface area (TPSA) is 82.3 Å². The number of anilines is 1. The molecule has 0 spiro atoms. The van der Waals surface area contributed by atoms with Crippen LogP contribution in [0.15, 0.2) is 47.2 Å². The molecule has 2 aromatic rings. The van der Waals surface area contributed by atoms with Crippen molar-refractivity contribution >= 4 is 33.5 Å². The smallest absolute Gasteiger partial charge is 0.339 e. The van der Waals surface area contributed by atoms with Gasteiger partial charge in [0.2, 0.25) is 0 Å². The number of carbonyl (C=O) groups excluding carboxylic acids is 2. The van der Waals surface area contributed by atoms with Crippen molar-refractivity contribution in [2.45, 2.75) is 6.92 Å². The van der Waals surface area contributed by atoms with Crippen LogP contribution >= 0.6 is 15.9 Å². The zero-order valence-corrected chi connectivity index (χ0v) is 13.3. The fourth-order valence-electron chi connectivity index (χ4n) is 1.72. The molecule has 0 aliphatic rings. The summed E-state index contributed by atoms with van der Waals surface area (Å²) in [5, 5.41) is 13.5. The van der Waals surface area contributed by atoms with Gasteiger partial charge in [0.15, 0.2) is 19.0 Å². The lowest BCUT2D eigenvalue weighted by molar-refractivity contribution is -0.605. The second kappa shape index (κ2) is 7.04. The van der Waals surface area contributed by atoms with Crippen LogP contribution in [0.2, 0.25) is 0 Å². The molecule has 0 aliphatic heterocycles. The molecule has 0 aliphatic carbocycles.